The number of amidine groups is 1. The van der Waals surface area contributed by atoms with E-state index in [0.29, 0.717) is 43.0 Å². The van der Waals surface area contributed by atoms with Crippen molar-refractivity contribution < 1.29 is 14.3 Å². The molecule has 4 rings (SSSR count). The van der Waals surface area contributed by atoms with Crippen molar-refractivity contribution in [2.75, 3.05) is 19.1 Å². The number of carbonyl (C=O) groups is 1. The largest absolute Gasteiger partial charge is 0.497 e. The Hall–Kier alpha value is -2.93. The van der Waals surface area contributed by atoms with Crippen molar-refractivity contribution in [3.05, 3.63) is 87.2 Å². The Bertz CT molecular complexity index is 1210. The zero-order valence-electron chi connectivity index (χ0n) is 17.2. The molecule has 32 heavy (non-hydrogen) atoms. The van der Waals surface area contributed by atoms with Gasteiger partial charge in [-0.05, 0) is 78.5 Å². The van der Waals surface area contributed by atoms with Crippen molar-refractivity contribution in [1.82, 2.24) is 0 Å². The number of nitrogens with zero attached hydrogens (tertiary/aromatic N) is 2. The molecule has 1 aliphatic heterocycles. The Balaban J connectivity index is 1.77. The fourth-order valence-electron chi connectivity index (χ4n) is 3.07. The minimum atomic E-state index is -0.192. The van der Waals surface area contributed by atoms with Crippen LogP contribution in [0.4, 0.5) is 11.4 Å². The number of aliphatic imine (C=N–C) groups is 1. The third-order valence-corrected chi connectivity index (χ3v) is 6.14. The van der Waals surface area contributed by atoms with Crippen molar-refractivity contribution in [1.29, 1.82) is 0 Å². The van der Waals surface area contributed by atoms with Gasteiger partial charge in [0, 0.05) is 21.7 Å². The second kappa shape index (κ2) is 9.69. The van der Waals surface area contributed by atoms with E-state index >= 15 is 0 Å². The van der Waals surface area contributed by atoms with E-state index in [1.807, 2.05) is 12.1 Å². The Morgan fingerprint density at radius 1 is 0.906 bits per heavy atom. The fourth-order valence-corrected chi connectivity index (χ4v) is 4.32. The van der Waals surface area contributed by atoms with Crippen LogP contribution >= 0.6 is 35.0 Å². The first-order valence-corrected chi connectivity index (χ1v) is 11.1. The van der Waals surface area contributed by atoms with E-state index < -0.39 is 0 Å². The van der Waals surface area contributed by atoms with Gasteiger partial charge in [0.1, 0.15) is 11.5 Å². The molecule has 0 unspecified atom stereocenters. The van der Waals surface area contributed by atoms with Crippen LogP contribution in [0.5, 0.6) is 11.5 Å². The molecule has 1 aliphatic rings. The highest BCUT2D eigenvalue weighted by Gasteiger charge is 2.35. The molecular formula is C24H18Cl2N2O3S. The van der Waals surface area contributed by atoms with Crippen LogP contribution in [0.25, 0.3) is 6.08 Å². The average Bonchev–Trinajstić information content (AvgIpc) is 3.10. The van der Waals surface area contributed by atoms with Crippen LogP contribution in [0, 0.1) is 0 Å². The van der Waals surface area contributed by atoms with Gasteiger partial charge in [0.2, 0.25) is 0 Å². The van der Waals surface area contributed by atoms with Gasteiger partial charge in [-0.1, -0.05) is 23.2 Å². The number of hydrogen-bond donors (Lipinski definition) is 0. The zero-order valence-corrected chi connectivity index (χ0v) is 19.5. The number of anilines is 1. The topological polar surface area (TPSA) is 51.1 Å². The Morgan fingerprint density at radius 3 is 2.19 bits per heavy atom. The van der Waals surface area contributed by atoms with Crippen LogP contribution in [0.1, 0.15) is 5.56 Å². The van der Waals surface area contributed by atoms with Crippen molar-refractivity contribution >= 4 is 63.5 Å². The zero-order chi connectivity index (χ0) is 22.7. The highest BCUT2D eigenvalue weighted by atomic mass is 35.5. The maximum atomic E-state index is 13.4. The van der Waals surface area contributed by atoms with E-state index in [1.165, 1.54) is 11.8 Å². The lowest BCUT2D eigenvalue weighted by Crippen LogP contribution is -2.28. The van der Waals surface area contributed by atoms with Crippen LogP contribution in [-0.4, -0.2) is 25.3 Å². The van der Waals surface area contributed by atoms with Crippen LogP contribution < -0.4 is 14.4 Å². The third-order valence-electron chi connectivity index (χ3n) is 4.67. The maximum absolute atomic E-state index is 13.4. The SMILES string of the molecule is COc1ccc(C=C2SC(=Nc3ccc(Cl)cc3)N(c3ccc(Cl)cc3)C2=O)c(OC)c1. The molecule has 1 saturated heterocycles. The second-order valence-corrected chi connectivity index (χ2v) is 8.59. The summed E-state index contributed by atoms with van der Waals surface area (Å²) in [5.74, 6) is 1.08. The van der Waals surface area contributed by atoms with Gasteiger partial charge in [-0.2, -0.15) is 0 Å². The van der Waals surface area contributed by atoms with E-state index in [1.54, 1.807) is 79.8 Å². The molecular weight excluding hydrogens is 467 g/mol. The molecule has 8 heteroatoms. The molecule has 0 spiro atoms. The summed E-state index contributed by atoms with van der Waals surface area (Å²) < 4.78 is 10.7. The van der Waals surface area contributed by atoms with Crippen LogP contribution in [-0.2, 0) is 4.79 Å². The second-order valence-electron chi connectivity index (χ2n) is 6.71. The predicted molar refractivity (Wildman–Crippen MR) is 133 cm³/mol. The fraction of sp³-hybridized carbons (Fsp3) is 0.0833. The van der Waals surface area contributed by atoms with Gasteiger partial charge in [0.25, 0.3) is 5.91 Å². The predicted octanol–water partition coefficient (Wildman–Crippen LogP) is 6.82. The molecule has 3 aromatic carbocycles. The van der Waals surface area contributed by atoms with Crippen molar-refractivity contribution in [2.45, 2.75) is 0 Å². The molecule has 0 N–H and O–H groups in total. The molecule has 1 amide bonds. The van der Waals surface area contributed by atoms with E-state index in [0.717, 1.165) is 5.56 Å². The summed E-state index contributed by atoms with van der Waals surface area (Å²) >= 11 is 13.3. The Morgan fingerprint density at radius 2 is 1.56 bits per heavy atom. The van der Waals surface area contributed by atoms with Crippen molar-refractivity contribution in [3.63, 3.8) is 0 Å². The quantitative estimate of drug-likeness (QED) is 0.372. The van der Waals surface area contributed by atoms with Gasteiger partial charge in [0.15, 0.2) is 5.17 Å². The smallest absolute Gasteiger partial charge is 0.271 e. The van der Waals surface area contributed by atoms with Crippen LogP contribution in [0.15, 0.2) is 76.6 Å². The minimum Gasteiger partial charge on any atom is -0.497 e. The summed E-state index contributed by atoms with van der Waals surface area (Å²) in [5, 5.41) is 1.73. The molecule has 5 nitrogen and oxygen atoms in total. The number of carbonyl (C=O) groups excluding carboxylic acids is 1. The van der Waals surface area contributed by atoms with Gasteiger partial charge in [-0.15, -0.1) is 0 Å². The third kappa shape index (κ3) is 4.78. The lowest BCUT2D eigenvalue weighted by Gasteiger charge is -2.15. The molecule has 0 saturated carbocycles. The molecule has 0 bridgehead atoms. The molecule has 3 aromatic rings. The molecule has 0 aromatic heterocycles. The summed E-state index contributed by atoms with van der Waals surface area (Å²) in [4.78, 5) is 20.2. The first-order chi connectivity index (χ1) is 15.5. The molecule has 162 valence electrons. The number of hydrogen-bond acceptors (Lipinski definition) is 5. The Labute approximate surface area is 200 Å². The monoisotopic (exact) mass is 484 g/mol. The minimum absolute atomic E-state index is 0.192. The Kier molecular flexibility index (Phi) is 6.74. The van der Waals surface area contributed by atoms with Crippen LogP contribution in [0.3, 0.4) is 0 Å². The number of thioether (sulfide) groups is 1. The molecule has 0 radical (unpaired) electrons. The van der Waals surface area contributed by atoms with E-state index in [4.69, 9.17) is 37.7 Å². The first kappa shape index (κ1) is 22.3. The molecule has 0 atom stereocenters. The van der Waals surface area contributed by atoms with Gasteiger partial charge < -0.3 is 9.47 Å². The van der Waals surface area contributed by atoms with E-state index in [9.17, 15) is 4.79 Å². The summed E-state index contributed by atoms with van der Waals surface area (Å²) in [6, 6.07) is 19.6. The number of rotatable bonds is 5. The van der Waals surface area contributed by atoms with Crippen molar-refractivity contribution in [3.8, 4) is 11.5 Å². The van der Waals surface area contributed by atoms with Gasteiger partial charge >= 0.3 is 0 Å². The highest BCUT2D eigenvalue weighted by molar-refractivity contribution is 8.19. The summed E-state index contributed by atoms with van der Waals surface area (Å²) in [6.45, 7) is 0. The normalized spacial score (nSPS) is 16.1. The standard InChI is InChI=1S/C24H18Cl2N2O3S/c1-30-20-12-3-15(21(14-20)31-2)13-22-23(29)28(19-10-6-17(26)7-11-19)24(32-22)27-18-8-4-16(25)5-9-18/h3-14H,1-2H3. The number of amides is 1. The summed E-state index contributed by atoms with van der Waals surface area (Å²) in [6.07, 6.45) is 1.79. The first-order valence-electron chi connectivity index (χ1n) is 9.54. The number of benzene rings is 3. The number of ether oxygens (including phenoxy) is 2. The lowest BCUT2D eigenvalue weighted by atomic mass is 10.1. The van der Waals surface area contributed by atoms with Crippen LogP contribution in [0.2, 0.25) is 10.0 Å². The van der Waals surface area contributed by atoms with Gasteiger partial charge in [-0.3, -0.25) is 9.69 Å². The molecule has 1 fully saturated rings. The average molecular weight is 485 g/mol. The molecule has 1 heterocycles. The number of methoxy groups -OCH3 is 2. The number of halogens is 2. The van der Waals surface area contributed by atoms with Gasteiger partial charge in [0.05, 0.1) is 30.5 Å². The van der Waals surface area contributed by atoms with Gasteiger partial charge in [-0.25, -0.2) is 4.99 Å². The van der Waals surface area contributed by atoms with Crippen molar-refractivity contribution in [2.24, 2.45) is 4.99 Å². The van der Waals surface area contributed by atoms with E-state index in [-0.39, 0.29) is 5.91 Å². The highest BCUT2D eigenvalue weighted by Crippen LogP contribution is 2.39. The summed E-state index contributed by atoms with van der Waals surface area (Å²) in [5.41, 5.74) is 2.12. The van der Waals surface area contributed by atoms with E-state index in [2.05, 4.69) is 0 Å². The summed E-state index contributed by atoms with van der Waals surface area (Å²) in [7, 11) is 3.17. The lowest BCUT2D eigenvalue weighted by molar-refractivity contribution is -0.113. The maximum Gasteiger partial charge on any atom is 0.271 e. The molecule has 0 aliphatic carbocycles.